The molecule has 0 radical (unpaired) electrons. The van der Waals surface area contributed by atoms with Crippen molar-refractivity contribution < 1.29 is 4.79 Å². The SMILES string of the molecule is O=C(NC(=S)Nc1cccc2ccccc12)c1sc2cc(Cl)ccc2c1Cl. The number of benzene rings is 3. The minimum atomic E-state index is -0.352. The van der Waals surface area contributed by atoms with Gasteiger partial charge in [0.1, 0.15) is 4.88 Å². The van der Waals surface area contributed by atoms with E-state index in [0.717, 1.165) is 26.5 Å². The summed E-state index contributed by atoms with van der Waals surface area (Å²) in [7, 11) is 0. The molecule has 4 aromatic rings. The van der Waals surface area contributed by atoms with E-state index in [1.165, 1.54) is 11.3 Å². The zero-order valence-electron chi connectivity index (χ0n) is 13.8. The summed E-state index contributed by atoms with van der Waals surface area (Å²) >= 11 is 19.0. The second-order valence-corrected chi connectivity index (χ2v) is 8.10. The van der Waals surface area contributed by atoms with Gasteiger partial charge >= 0.3 is 0 Å². The van der Waals surface area contributed by atoms with Crippen LogP contribution in [0.2, 0.25) is 10.0 Å². The fourth-order valence-electron chi connectivity index (χ4n) is 2.83. The van der Waals surface area contributed by atoms with Crippen molar-refractivity contribution in [3.63, 3.8) is 0 Å². The largest absolute Gasteiger partial charge is 0.332 e. The highest BCUT2D eigenvalue weighted by atomic mass is 35.5. The van der Waals surface area contributed by atoms with Crippen molar-refractivity contribution in [3.8, 4) is 0 Å². The molecule has 0 atom stereocenters. The molecule has 4 rings (SSSR count). The van der Waals surface area contributed by atoms with Crippen LogP contribution in [0.5, 0.6) is 0 Å². The molecule has 0 aliphatic rings. The highest BCUT2D eigenvalue weighted by Crippen LogP contribution is 2.36. The van der Waals surface area contributed by atoms with Crippen LogP contribution in [0, 0.1) is 0 Å². The van der Waals surface area contributed by atoms with Crippen LogP contribution in [0.1, 0.15) is 9.67 Å². The smallest absolute Gasteiger partial charge is 0.269 e. The van der Waals surface area contributed by atoms with Crippen molar-refractivity contribution in [1.29, 1.82) is 0 Å². The lowest BCUT2D eigenvalue weighted by Gasteiger charge is -2.11. The Morgan fingerprint density at radius 1 is 0.963 bits per heavy atom. The zero-order valence-corrected chi connectivity index (χ0v) is 16.9. The van der Waals surface area contributed by atoms with Crippen molar-refractivity contribution in [2.24, 2.45) is 0 Å². The number of carbonyl (C=O) groups is 1. The number of nitrogens with one attached hydrogen (secondary N) is 2. The molecular formula is C20H12Cl2N2OS2. The molecule has 0 aliphatic carbocycles. The summed E-state index contributed by atoms with van der Waals surface area (Å²) in [5, 5.41) is 9.90. The van der Waals surface area contributed by atoms with E-state index >= 15 is 0 Å². The minimum absolute atomic E-state index is 0.211. The summed E-state index contributed by atoms with van der Waals surface area (Å²) in [6.07, 6.45) is 0. The molecule has 0 unspecified atom stereocenters. The molecule has 0 saturated carbocycles. The average Bonchev–Trinajstić information content (AvgIpc) is 2.98. The number of carbonyl (C=O) groups excluding carboxylic acids is 1. The Kier molecular flexibility index (Phi) is 5.02. The molecule has 1 amide bonds. The van der Waals surface area contributed by atoms with E-state index in [-0.39, 0.29) is 11.0 Å². The number of fused-ring (bicyclic) bond motifs is 2. The van der Waals surface area contributed by atoms with E-state index < -0.39 is 0 Å². The van der Waals surface area contributed by atoms with E-state index in [1.54, 1.807) is 18.2 Å². The second kappa shape index (κ2) is 7.44. The summed E-state index contributed by atoms with van der Waals surface area (Å²) in [5.74, 6) is -0.352. The first-order chi connectivity index (χ1) is 13.0. The molecule has 3 nitrogen and oxygen atoms in total. The van der Waals surface area contributed by atoms with Crippen molar-refractivity contribution in [3.05, 3.63) is 75.6 Å². The standard InChI is InChI=1S/C20H12Cl2N2OS2/c21-12-8-9-14-16(10-12)27-18(17(14)22)19(25)24-20(26)23-15-7-3-5-11-4-1-2-6-13(11)15/h1-10H,(H2,23,24,25,26). The van der Waals surface area contributed by atoms with Gasteiger partial charge in [-0.1, -0.05) is 65.7 Å². The number of rotatable bonds is 2. The minimum Gasteiger partial charge on any atom is -0.332 e. The molecule has 0 bridgehead atoms. The molecule has 134 valence electrons. The molecule has 27 heavy (non-hydrogen) atoms. The predicted molar refractivity (Wildman–Crippen MR) is 119 cm³/mol. The van der Waals surface area contributed by atoms with Crippen LogP contribution in [-0.4, -0.2) is 11.0 Å². The van der Waals surface area contributed by atoms with E-state index in [0.29, 0.717) is 14.9 Å². The maximum absolute atomic E-state index is 12.6. The molecule has 0 spiro atoms. The number of anilines is 1. The normalized spacial score (nSPS) is 10.9. The Bertz CT molecular complexity index is 1200. The highest BCUT2D eigenvalue weighted by Gasteiger charge is 2.18. The Labute approximate surface area is 174 Å². The highest BCUT2D eigenvalue weighted by molar-refractivity contribution is 7.80. The summed E-state index contributed by atoms with van der Waals surface area (Å²) in [6.45, 7) is 0. The molecule has 1 heterocycles. The van der Waals surface area contributed by atoms with Crippen LogP contribution in [0.25, 0.3) is 20.9 Å². The third-order valence-electron chi connectivity index (χ3n) is 4.06. The molecule has 7 heteroatoms. The quantitative estimate of drug-likeness (QED) is 0.357. The monoisotopic (exact) mass is 430 g/mol. The van der Waals surface area contributed by atoms with Gasteiger partial charge in [-0.25, -0.2) is 0 Å². The Balaban J connectivity index is 1.56. The van der Waals surface area contributed by atoms with Crippen LogP contribution in [0.4, 0.5) is 5.69 Å². The maximum atomic E-state index is 12.6. The van der Waals surface area contributed by atoms with Gasteiger partial charge in [-0.2, -0.15) is 0 Å². The van der Waals surface area contributed by atoms with Gasteiger partial charge < -0.3 is 5.32 Å². The van der Waals surface area contributed by atoms with E-state index in [9.17, 15) is 4.79 Å². The van der Waals surface area contributed by atoms with Gasteiger partial charge in [0.05, 0.1) is 5.02 Å². The van der Waals surface area contributed by atoms with Gasteiger partial charge in [0.25, 0.3) is 5.91 Å². The molecule has 2 N–H and O–H groups in total. The van der Waals surface area contributed by atoms with Gasteiger partial charge in [0.2, 0.25) is 0 Å². The molecular weight excluding hydrogens is 419 g/mol. The molecule has 3 aromatic carbocycles. The lowest BCUT2D eigenvalue weighted by atomic mass is 10.1. The third-order valence-corrected chi connectivity index (χ3v) is 6.16. The van der Waals surface area contributed by atoms with Crippen LogP contribution >= 0.6 is 46.8 Å². The summed E-state index contributed by atoms with van der Waals surface area (Å²) in [5.41, 5.74) is 0.826. The molecule has 0 saturated heterocycles. The van der Waals surface area contributed by atoms with Gasteiger partial charge in [-0.3, -0.25) is 10.1 Å². The fraction of sp³-hybridized carbons (Fsp3) is 0. The van der Waals surface area contributed by atoms with Crippen LogP contribution < -0.4 is 10.6 Å². The summed E-state index contributed by atoms with van der Waals surface area (Å²) in [4.78, 5) is 13.0. The van der Waals surface area contributed by atoms with Crippen molar-refractivity contribution in [2.75, 3.05) is 5.32 Å². The third kappa shape index (κ3) is 3.64. The second-order valence-electron chi connectivity index (χ2n) is 5.82. The topological polar surface area (TPSA) is 41.1 Å². The van der Waals surface area contributed by atoms with E-state index in [4.69, 9.17) is 35.4 Å². The van der Waals surface area contributed by atoms with Crippen LogP contribution in [-0.2, 0) is 0 Å². The summed E-state index contributed by atoms with van der Waals surface area (Å²) < 4.78 is 0.852. The van der Waals surface area contributed by atoms with Crippen molar-refractivity contribution in [2.45, 2.75) is 0 Å². The fourth-order valence-corrected chi connectivity index (χ4v) is 4.72. The molecule has 1 aromatic heterocycles. The van der Waals surface area contributed by atoms with Gasteiger partial charge in [0.15, 0.2) is 5.11 Å². The van der Waals surface area contributed by atoms with Crippen LogP contribution in [0.15, 0.2) is 60.7 Å². The molecule has 0 fully saturated rings. The van der Waals surface area contributed by atoms with Crippen molar-refractivity contribution in [1.82, 2.24) is 5.32 Å². The lowest BCUT2D eigenvalue weighted by molar-refractivity contribution is 0.0982. The number of halogens is 2. The Hall–Kier alpha value is -2.18. The van der Waals surface area contributed by atoms with E-state index in [2.05, 4.69) is 10.6 Å². The first kappa shape index (κ1) is 18.2. The Morgan fingerprint density at radius 3 is 2.59 bits per heavy atom. The average molecular weight is 431 g/mol. The number of thiophene rings is 1. The molecule has 0 aliphatic heterocycles. The number of hydrogen-bond donors (Lipinski definition) is 2. The number of amides is 1. The van der Waals surface area contributed by atoms with E-state index in [1.807, 2.05) is 42.5 Å². The zero-order chi connectivity index (χ0) is 19.0. The first-order valence-corrected chi connectivity index (χ1v) is 9.98. The predicted octanol–water partition coefficient (Wildman–Crippen LogP) is 6.49. The van der Waals surface area contributed by atoms with Gasteiger partial charge in [-0.05, 0) is 35.8 Å². The summed E-state index contributed by atoms with van der Waals surface area (Å²) in [6, 6.07) is 19.1. The maximum Gasteiger partial charge on any atom is 0.269 e. The van der Waals surface area contributed by atoms with Crippen LogP contribution in [0.3, 0.4) is 0 Å². The lowest BCUT2D eigenvalue weighted by Crippen LogP contribution is -2.33. The Morgan fingerprint density at radius 2 is 1.74 bits per heavy atom. The number of thiocarbonyl (C=S) groups is 1. The van der Waals surface area contributed by atoms with Gasteiger partial charge in [-0.15, -0.1) is 11.3 Å². The number of hydrogen-bond acceptors (Lipinski definition) is 3. The van der Waals surface area contributed by atoms with Gasteiger partial charge in [0, 0.05) is 26.2 Å². The van der Waals surface area contributed by atoms with Crippen molar-refractivity contribution >= 4 is 84.3 Å². The first-order valence-electron chi connectivity index (χ1n) is 8.00.